The lowest BCUT2D eigenvalue weighted by Gasteiger charge is -2.34. The normalized spacial score (nSPS) is 28.2. The number of sulfonamides is 1. The molecule has 2 fully saturated rings. The lowest BCUT2D eigenvalue weighted by atomic mass is 10.1. The van der Waals surface area contributed by atoms with E-state index in [1.54, 1.807) is 11.2 Å². The van der Waals surface area contributed by atoms with E-state index in [1.165, 1.54) is 12.8 Å². The first kappa shape index (κ1) is 12.3. The highest BCUT2D eigenvalue weighted by Gasteiger charge is 2.32. The molecular weight excluding hydrogens is 224 g/mol. The highest BCUT2D eigenvalue weighted by molar-refractivity contribution is 7.89. The van der Waals surface area contributed by atoms with E-state index in [1.807, 2.05) is 0 Å². The molecule has 1 unspecified atom stereocenters. The van der Waals surface area contributed by atoms with Crippen LogP contribution in [0.15, 0.2) is 0 Å². The molecule has 1 aliphatic carbocycles. The zero-order valence-electron chi connectivity index (χ0n) is 9.98. The molecule has 2 aliphatic rings. The fourth-order valence-electron chi connectivity index (χ4n) is 2.30. The minimum atomic E-state index is -3.00. The highest BCUT2D eigenvalue weighted by atomic mass is 32.2. The van der Waals surface area contributed by atoms with Crippen molar-refractivity contribution < 1.29 is 8.42 Å². The molecule has 0 amide bonds. The molecule has 2 rings (SSSR count). The van der Waals surface area contributed by atoms with E-state index in [4.69, 9.17) is 0 Å². The maximum atomic E-state index is 11.9. The van der Waals surface area contributed by atoms with E-state index in [0.29, 0.717) is 12.6 Å². The molecular formula is C11H22N2O2S. The molecule has 0 bridgehead atoms. The Hall–Kier alpha value is -0.130. The molecule has 0 spiro atoms. The van der Waals surface area contributed by atoms with Crippen LogP contribution in [0.4, 0.5) is 0 Å². The Morgan fingerprint density at radius 3 is 2.62 bits per heavy atom. The van der Waals surface area contributed by atoms with E-state index in [2.05, 4.69) is 5.32 Å². The minimum Gasteiger partial charge on any atom is -0.312 e. The van der Waals surface area contributed by atoms with Gasteiger partial charge in [0.05, 0.1) is 5.75 Å². The molecule has 1 aliphatic heterocycles. The molecule has 1 heterocycles. The molecule has 0 aromatic rings. The highest BCUT2D eigenvalue weighted by Crippen LogP contribution is 2.23. The van der Waals surface area contributed by atoms with Crippen molar-refractivity contribution in [3.8, 4) is 0 Å². The summed E-state index contributed by atoms with van der Waals surface area (Å²) in [6.07, 6.45) is 5.70. The summed E-state index contributed by atoms with van der Waals surface area (Å²) < 4.78 is 25.6. The van der Waals surface area contributed by atoms with Gasteiger partial charge in [-0.2, -0.15) is 4.31 Å². The third kappa shape index (κ3) is 2.96. The second-order valence-corrected chi connectivity index (χ2v) is 7.05. The van der Waals surface area contributed by atoms with Crippen molar-refractivity contribution in [1.82, 2.24) is 9.62 Å². The molecule has 0 aromatic carbocycles. The van der Waals surface area contributed by atoms with Gasteiger partial charge in [0.2, 0.25) is 10.0 Å². The Kier molecular flexibility index (Phi) is 3.87. The fourth-order valence-corrected chi connectivity index (χ4v) is 3.67. The first-order valence-electron chi connectivity index (χ1n) is 6.36. The van der Waals surface area contributed by atoms with Gasteiger partial charge in [-0.05, 0) is 32.6 Å². The van der Waals surface area contributed by atoms with Crippen LogP contribution in [0, 0.1) is 0 Å². The van der Waals surface area contributed by atoms with Crippen LogP contribution in [-0.2, 0) is 10.0 Å². The number of rotatable bonds is 5. The van der Waals surface area contributed by atoms with Crippen LogP contribution in [-0.4, -0.2) is 43.6 Å². The monoisotopic (exact) mass is 246 g/mol. The van der Waals surface area contributed by atoms with Gasteiger partial charge in [0, 0.05) is 25.2 Å². The first-order chi connectivity index (χ1) is 7.63. The van der Waals surface area contributed by atoms with Crippen molar-refractivity contribution in [1.29, 1.82) is 0 Å². The van der Waals surface area contributed by atoms with Gasteiger partial charge in [-0.25, -0.2) is 8.42 Å². The van der Waals surface area contributed by atoms with Crippen molar-refractivity contribution in [2.45, 2.75) is 51.1 Å². The third-order valence-corrected chi connectivity index (χ3v) is 5.44. The van der Waals surface area contributed by atoms with Crippen molar-refractivity contribution in [2.75, 3.05) is 18.8 Å². The summed E-state index contributed by atoms with van der Waals surface area (Å²) in [7, 11) is -3.00. The largest absolute Gasteiger partial charge is 0.312 e. The Labute approximate surface area is 98.4 Å². The number of hydrogen-bond acceptors (Lipinski definition) is 3. The summed E-state index contributed by atoms with van der Waals surface area (Å²) >= 11 is 0. The summed E-state index contributed by atoms with van der Waals surface area (Å²) in [6, 6.07) is 0.854. The van der Waals surface area contributed by atoms with Gasteiger partial charge in [-0.15, -0.1) is 0 Å². The molecule has 1 N–H and O–H groups in total. The SMILES string of the molecule is CCS(=O)(=O)N1CCCCC1CNC1CC1. The predicted octanol–water partition coefficient (Wildman–Crippen LogP) is 0.943. The second kappa shape index (κ2) is 5.02. The molecule has 1 atom stereocenters. The Morgan fingerprint density at radius 1 is 1.25 bits per heavy atom. The van der Waals surface area contributed by atoms with Crippen LogP contribution < -0.4 is 5.32 Å². The smallest absolute Gasteiger partial charge is 0.214 e. The van der Waals surface area contributed by atoms with Crippen LogP contribution in [0.3, 0.4) is 0 Å². The molecule has 0 radical (unpaired) electrons. The van der Waals surface area contributed by atoms with E-state index < -0.39 is 10.0 Å². The van der Waals surface area contributed by atoms with Gasteiger partial charge < -0.3 is 5.32 Å². The summed E-state index contributed by atoms with van der Waals surface area (Å²) in [5.41, 5.74) is 0. The second-order valence-electron chi connectivity index (χ2n) is 4.84. The zero-order valence-corrected chi connectivity index (χ0v) is 10.8. The van der Waals surface area contributed by atoms with E-state index in [-0.39, 0.29) is 11.8 Å². The van der Waals surface area contributed by atoms with Crippen LogP contribution in [0.2, 0.25) is 0 Å². The number of hydrogen-bond donors (Lipinski definition) is 1. The predicted molar refractivity (Wildman–Crippen MR) is 64.8 cm³/mol. The Morgan fingerprint density at radius 2 is 2.00 bits per heavy atom. The van der Waals surface area contributed by atoms with Crippen LogP contribution in [0.1, 0.15) is 39.0 Å². The number of piperidine rings is 1. The molecule has 4 nitrogen and oxygen atoms in total. The average molecular weight is 246 g/mol. The molecule has 16 heavy (non-hydrogen) atoms. The van der Waals surface area contributed by atoms with Crippen LogP contribution in [0.5, 0.6) is 0 Å². The molecule has 1 saturated carbocycles. The van der Waals surface area contributed by atoms with E-state index >= 15 is 0 Å². The lowest BCUT2D eigenvalue weighted by Crippen LogP contribution is -2.49. The summed E-state index contributed by atoms with van der Waals surface area (Å²) in [4.78, 5) is 0. The zero-order chi connectivity index (χ0) is 11.6. The maximum absolute atomic E-state index is 11.9. The Bertz CT molecular complexity index is 325. The summed E-state index contributed by atoms with van der Waals surface area (Å²) in [5, 5.41) is 3.45. The minimum absolute atomic E-state index is 0.194. The topological polar surface area (TPSA) is 49.4 Å². The van der Waals surface area contributed by atoms with E-state index in [9.17, 15) is 8.42 Å². The number of nitrogens with one attached hydrogen (secondary N) is 1. The van der Waals surface area contributed by atoms with Crippen molar-refractivity contribution in [2.24, 2.45) is 0 Å². The van der Waals surface area contributed by atoms with Crippen molar-refractivity contribution >= 4 is 10.0 Å². The van der Waals surface area contributed by atoms with Crippen LogP contribution >= 0.6 is 0 Å². The quantitative estimate of drug-likeness (QED) is 0.785. The Balaban J connectivity index is 1.95. The van der Waals surface area contributed by atoms with Gasteiger partial charge in [0.25, 0.3) is 0 Å². The molecule has 5 heteroatoms. The fraction of sp³-hybridized carbons (Fsp3) is 1.00. The van der Waals surface area contributed by atoms with Gasteiger partial charge in [-0.3, -0.25) is 0 Å². The molecule has 0 aromatic heterocycles. The van der Waals surface area contributed by atoms with E-state index in [0.717, 1.165) is 25.8 Å². The van der Waals surface area contributed by atoms with Crippen molar-refractivity contribution in [3.63, 3.8) is 0 Å². The summed E-state index contributed by atoms with van der Waals surface area (Å²) in [6.45, 7) is 3.28. The van der Waals surface area contributed by atoms with Gasteiger partial charge >= 0.3 is 0 Å². The standard InChI is InChI=1S/C11H22N2O2S/c1-2-16(14,15)13-8-4-3-5-11(13)9-12-10-6-7-10/h10-12H,2-9H2,1H3. The first-order valence-corrected chi connectivity index (χ1v) is 7.97. The van der Waals surface area contributed by atoms with Crippen molar-refractivity contribution in [3.05, 3.63) is 0 Å². The lowest BCUT2D eigenvalue weighted by molar-refractivity contribution is 0.245. The van der Waals surface area contributed by atoms with Crippen LogP contribution in [0.25, 0.3) is 0 Å². The molecule has 1 saturated heterocycles. The average Bonchev–Trinajstić information content (AvgIpc) is 3.10. The maximum Gasteiger partial charge on any atom is 0.214 e. The van der Waals surface area contributed by atoms with Gasteiger partial charge in [-0.1, -0.05) is 6.42 Å². The van der Waals surface area contributed by atoms with Gasteiger partial charge in [0.1, 0.15) is 0 Å². The van der Waals surface area contributed by atoms with Gasteiger partial charge in [0.15, 0.2) is 0 Å². The summed E-state index contributed by atoms with van der Waals surface area (Å²) in [5.74, 6) is 0.229. The molecule has 94 valence electrons. The number of nitrogens with zero attached hydrogens (tertiary/aromatic N) is 1. The third-order valence-electron chi connectivity index (χ3n) is 3.51.